The molecule has 0 saturated heterocycles. The molecule has 0 aliphatic carbocycles. The fraction of sp³-hybridized carbons (Fsp3) is 0.950. The Labute approximate surface area is 514 Å². The molecular formula is C80H166. The summed E-state index contributed by atoms with van der Waals surface area (Å²) in [5, 5.41) is 0. The molecule has 0 radical (unpaired) electrons. The second-order valence-corrected chi connectivity index (χ2v) is 28.4. The van der Waals surface area contributed by atoms with E-state index in [2.05, 4.69) is 163 Å². The Bertz CT molecular complexity index is 1040. The molecule has 80 heavy (non-hydrogen) atoms. The molecule has 0 nitrogen and oxygen atoms in total. The summed E-state index contributed by atoms with van der Waals surface area (Å²) in [6, 6.07) is 0. The molecule has 0 aliphatic rings. The Balaban J connectivity index is -0.000000293. The zero-order valence-electron chi connectivity index (χ0n) is 60.6. The van der Waals surface area contributed by atoms with E-state index in [1.54, 1.807) is 0 Å². The number of hydrogen-bond acceptors (Lipinski definition) is 0. The lowest BCUT2D eigenvalue weighted by molar-refractivity contribution is 0.360. The molecule has 0 bridgehead atoms. The molecule has 0 heterocycles. The molecule has 0 N–H and O–H groups in total. The van der Waals surface area contributed by atoms with Crippen molar-refractivity contribution in [2.75, 3.05) is 0 Å². The average Bonchev–Trinajstić information content (AvgIpc) is 3.42. The van der Waals surface area contributed by atoms with E-state index in [1.165, 1.54) is 295 Å². The summed E-state index contributed by atoms with van der Waals surface area (Å²) in [5.41, 5.74) is 0. The fourth-order valence-corrected chi connectivity index (χ4v) is 11.2. The van der Waals surface area contributed by atoms with Gasteiger partial charge in [0, 0.05) is 0 Å². The largest absolute Gasteiger partial charge is 0.0883 e. The molecule has 0 unspecified atom stereocenters. The van der Waals surface area contributed by atoms with E-state index in [0.29, 0.717) is 0 Å². The Hall–Kier alpha value is -0.520. The van der Waals surface area contributed by atoms with Gasteiger partial charge in [-0.2, -0.15) is 0 Å². The smallest absolute Gasteiger partial charge is 0.0234 e. The zero-order valence-corrected chi connectivity index (χ0v) is 60.6. The van der Waals surface area contributed by atoms with Gasteiger partial charge in [-0.15, -0.1) is 0 Å². The summed E-state index contributed by atoms with van der Waals surface area (Å²) in [4.78, 5) is 0. The van der Waals surface area contributed by atoms with Crippen molar-refractivity contribution >= 4 is 0 Å². The van der Waals surface area contributed by atoms with Gasteiger partial charge in [-0.25, -0.2) is 0 Å². The lowest BCUT2D eigenvalue weighted by Gasteiger charge is -2.17. The van der Waals surface area contributed by atoms with Crippen molar-refractivity contribution in [3.8, 4) is 0 Å². The number of rotatable bonds is 53. The molecule has 0 saturated carbocycles. The molecule has 0 aromatic carbocycles. The molecule has 0 aliphatic heterocycles. The molecule has 0 spiro atoms. The average molecular weight is 1130 g/mol. The topological polar surface area (TPSA) is 0 Å². The third kappa shape index (κ3) is 81.7. The molecule has 0 heteroatoms. The van der Waals surface area contributed by atoms with E-state index in [9.17, 15) is 0 Å². The maximum atomic E-state index is 2.51. The van der Waals surface area contributed by atoms with Gasteiger partial charge >= 0.3 is 0 Å². The van der Waals surface area contributed by atoms with Crippen LogP contribution in [-0.2, 0) is 0 Å². The van der Waals surface area contributed by atoms with Crippen LogP contribution < -0.4 is 0 Å². The standard InChI is InChI=1S/C17H36.C17H34.C16H34.C16H32.C14H30/c2*1-5-7-9-13-17(14-10-8-6-2)15-11-12-16(3)4;2*1-5-7-12-16(13-8-6-2)14-10-9-11-15(3)4;1-5-7-9-14(10-8-6-2)12-11-13(3)4/h16-17H,5-15H2,1-4H3;11,15-17H,5-10,12-14H2,1-4H3;15-16H,5-14H2,1-4H3;9-10,15-16H,5-8,11-14H2,1-4H3;13-14H,5-12H2,1-4H3/b;15-11-;;10-9-;. The third-order valence-electron chi connectivity index (χ3n) is 17.0. The van der Waals surface area contributed by atoms with Gasteiger partial charge in [-0.1, -0.05) is 426 Å². The van der Waals surface area contributed by atoms with Crippen LogP contribution >= 0.6 is 0 Å². The van der Waals surface area contributed by atoms with Gasteiger partial charge in [0.25, 0.3) is 0 Å². The van der Waals surface area contributed by atoms with Gasteiger partial charge < -0.3 is 0 Å². The van der Waals surface area contributed by atoms with Crippen molar-refractivity contribution in [2.24, 2.45) is 59.2 Å². The molecule has 0 fully saturated rings. The lowest BCUT2D eigenvalue weighted by atomic mass is 9.89. The van der Waals surface area contributed by atoms with Gasteiger partial charge in [0.1, 0.15) is 0 Å². The minimum absolute atomic E-state index is 0.804. The summed E-state index contributed by atoms with van der Waals surface area (Å²) >= 11 is 0. The van der Waals surface area contributed by atoms with Crippen LogP contribution in [0.5, 0.6) is 0 Å². The van der Waals surface area contributed by atoms with Crippen LogP contribution in [-0.4, -0.2) is 0 Å². The summed E-state index contributed by atoms with van der Waals surface area (Å²) in [5.74, 6) is 9.18. The van der Waals surface area contributed by atoms with E-state index < -0.39 is 0 Å². The number of hydrogen-bond donors (Lipinski definition) is 0. The minimum atomic E-state index is 0.804. The third-order valence-corrected chi connectivity index (χ3v) is 17.0. The van der Waals surface area contributed by atoms with Crippen molar-refractivity contribution in [3.05, 3.63) is 24.3 Å². The SMILES string of the molecule is CCCCC(C/C=C\CC(C)C)CCCC.CCCCC(CCCC)CCC(C)C.CCCCC(CCCC)CCCCC(C)C.CCCCCC(/C=C\CC(C)C)CCCCC.CCCCCC(CCCCC)CCCC(C)C. The monoisotopic (exact) mass is 1130 g/mol. The van der Waals surface area contributed by atoms with E-state index in [1.807, 2.05) is 0 Å². The van der Waals surface area contributed by atoms with E-state index in [4.69, 9.17) is 0 Å². The Kier molecular flexibility index (Phi) is 82.3. The number of unbranched alkanes of at least 4 members (excludes halogenated alkanes) is 15. The quantitative estimate of drug-likeness (QED) is 0.0421. The molecular weight excluding hydrogens is 961 g/mol. The van der Waals surface area contributed by atoms with Crippen LogP contribution in [0.4, 0.5) is 0 Å². The maximum absolute atomic E-state index is 2.51. The van der Waals surface area contributed by atoms with Crippen molar-refractivity contribution in [3.63, 3.8) is 0 Å². The van der Waals surface area contributed by atoms with Crippen molar-refractivity contribution in [2.45, 2.75) is 434 Å². The van der Waals surface area contributed by atoms with Crippen LogP contribution in [0, 0.1) is 59.2 Å². The normalized spacial score (nSPS) is 11.8. The first-order chi connectivity index (χ1) is 38.5. The van der Waals surface area contributed by atoms with E-state index >= 15 is 0 Å². The zero-order chi connectivity index (χ0) is 61.1. The first kappa shape index (κ1) is 88.2. The first-order valence-electron chi connectivity index (χ1n) is 37.8. The minimum Gasteiger partial charge on any atom is -0.0883 e. The highest BCUT2D eigenvalue weighted by molar-refractivity contribution is 4.89. The summed E-state index contributed by atoms with van der Waals surface area (Å²) in [6.07, 6.45) is 74.9. The Morgan fingerprint density at radius 1 is 0.188 bits per heavy atom. The van der Waals surface area contributed by atoms with E-state index in [0.717, 1.165) is 59.2 Å². The summed E-state index contributed by atoms with van der Waals surface area (Å²) < 4.78 is 0. The van der Waals surface area contributed by atoms with Gasteiger partial charge in [-0.05, 0) is 91.3 Å². The van der Waals surface area contributed by atoms with Crippen LogP contribution in [0.1, 0.15) is 434 Å². The first-order valence-corrected chi connectivity index (χ1v) is 37.8. The van der Waals surface area contributed by atoms with Crippen LogP contribution in [0.2, 0.25) is 0 Å². The van der Waals surface area contributed by atoms with Crippen LogP contribution in [0.15, 0.2) is 24.3 Å². The van der Waals surface area contributed by atoms with Gasteiger partial charge in [0.05, 0.1) is 0 Å². The Morgan fingerprint density at radius 3 is 0.775 bits per heavy atom. The van der Waals surface area contributed by atoms with E-state index in [-0.39, 0.29) is 0 Å². The van der Waals surface area contributed by atoms with Crippen molar-refractivity contribution < 1.29 is 0 Å². The van der Waals surface area contributed by atoms with Gasteiger partial charge in [0.15, 0.2) is 0 Å². The lowest BCUT2D eigenvalue weighted by Crippen LogP contribution is -2.02. The summed E-state index contributed by atoms with van der Waals surface area (Å²) in [6.45, 7) is 46.3. The fourth-order valence-electron chi connectivity index (χ4n) is 11.2. The second-order valence-electron chi connectivity index (χ2n) is 28.4. The molecule has 0 aromatic heterocycles. The van der Waals surface area contributed by atoms with Crippen molar-refractivity contribution in [1.82, 2.24) is 0 Å². The predicted octanol–water partition coefficient (Wildman–Crippen LogP) is 30.5. The second kappa shape index (κ2) is 74.6. The molecule has 0 amide bonds. The molecule has 0 rings (SSSR count). The van der Waals surface area contributed by atoms with Crippen LogP contribution in [0.3, 0.4) is 0 Å². The van der Waals surface area contributed by atoms with Gasteiger partial charge in [0.2, 0.25) is 0 Å². The Morgan fingerprint density at radius 2 is 0.438 bits per heavy atom. The maximum Gasteiger partial charge on any atom is -0.0234 e. The van der Waals surface area contributed by atoms with Crippen molar-refractivity contribution in [1.29, 1.82) is 0 Å². The highest BCUT2D eigenvalue weighted by atomic mass is 14.2. The molecule has 0 atom stereocenters. The number of allylic oxidation sites excluding steroid dienone is 4. The molecule has 486 valence electrons. The van der Waals surface area contributed by atoms with Gasteiger partial charge in [-0.3, -0.25) is 0 Å². The predicted molar refractivity (Wildman–Crippen MR) is 379 cm³/mol. The molecule has 0 aromatic rings. The highest BCUT2D eigenvalue weighted by Crippen LogP contribution is 2.27. The summed E-state index contributed by atoms with van der Waals surface area (Å²) in [7, 11) is 0. The van der Waals surface area contributed by atoms with Crippen LogP contribution in [0.25, 0.3) is 0 Å². The highest BCUT2D eigenvalue weighted by Gasteiger charge is 2.12.